The molecule has 0 aromatic carbocycles. The highest BCUT2D eigenvalue weighted by Gasteiger charge is 2.56. The fourth-order valence-electron chi connectivity index (χ4n) is 3.47. The van der Waals surface area contributed by atoms with Gasteiger partial charge in [-0.1, -0.05) is 11.2 Å². The lowest BCUT2D eigenvalue weighted by Gasteiger charge is -2.32. The third-order valence-electron chi connectivity index (χ3n) is 5.11. The predicted octanol–water partition coefficient (Wildman–Crippen LogP) is 0.492. The molecule has 33 heavy (non-hydrogen) atoms. The number of rotatable bonds is 6. The predicted molar refractivity (Wildman–Crippen MR) is 108 cm³/mol. The summed E-state index contributed by atoms with van der Waals surface area (Å²) in [4.78, 5) is 32.0. The maximum atomic E-state index is 13.0. The van der Waals surface area contributed by atoms with E-state index < -0.39 is 55.9 Å². The number of nitrogens with zero attached hydrogens (tertiary/aromatic N) is 5. The van der Waals surface area contributed by atoms with Gasteiger partial charge in [0.2, 0.25) is 5.72 Å². The fourth-order valence-corrected chi connectivity index (χ4v) is 4.88. The minimum atomic E-state index is -4.21. The van der Waals surface area contributed by atoms with E-state index in [1.54, 1.807) is 18.3 Å². The summed E-state index contributed by atoms with van der Waals surface area (Å²) in [5.41, 5.74) is 5.72. The van der Waals surface area contributed by atoms with Crippen LogP contribution >= 0.6 is 7.82 Å². The summed E-state index contributed by atoms with van der Waals surface area (Å²) in [6.07, 6.45) is -1.39. The van der Waals surface area contributed by atoms with E-state index in [1.165, 1.54) is 6.20 Å². The lowest BCUT2D eigenvalue weighted by molar-refractivity contribution is -0.127. The van der Waals surface area contributed by atoms with Crippen molar-refractivity contribution < 1.29 is 33.1 Å². The van der Waals surface area contributed by atoms with Crippen LogP contribution in [0.1, 0.15) is 24.3 Å². The summed E-state index contributed by atoms with van der Waals surface area (Å²) < 4.78 is 35.3. The molecule has 15 nitrogen and oxygen atoms in total. The molecule has 2 aliphatic rings. The molecule has 0 spiro atoms. The maximum absolute atomic E-state index is 13.0. The van der Waals surface area contributed by atoms with Gasteiger partial charge in [-0.25, -0.2) is 9.36 Å². The van der Waals surface area contributed by atoms with Gasteiger partial charge >= 0.3 is 13.5 Å². The van der Waals surface area contributed by atoms with Crippen LogP contribution in [0.25, 0.3) is 10.4 Å². The average molecular weight is 482 g/mol. The largest absolute Gasteiger partial charge is 0.475 e. The number of pyridine rings is 1. The van der Waals surface area contributed by atoms with Gasteiger partial charge in [0.1, 0.15) is 12.2 Å². The Hall–Kier alpha value is -2.87. The van der Waals surface area contributed by atoms with Crippen LogP contribution in [0.4, 0.5) is 0 Å². The smallest absolute Gasteiger partial charge is 0.387 e. The molecule has 0 amide bonds. The van der Waals surface area contributed by atoms with E-state index in [9.17, 15) is 24.4 Å². The van der Waals surface area contributed by atoms with Gasteiger partial charge in [0.25, 0.3) is 5.56 Å². The van der Waals surface area contributed by atoms with E-state index in [4.69, 9.17) is 23.8 Å². The number of aromatic amines is 1. The van der Waals surface area contributed by atoms with Crippen molar-refractivity contribution in [2.24, 2.45) is 5.11 Å². The van der Waals surface area contributed by atoms with Gasteiger partial charge in [-0.2, -0.15) is 0 Å². The van der Waals surface area contributed by atoms with Crippen LogP contribution < -0.4 is 11.2 Å². The Bertz CT molecular complexity index is 1220. The zero-order valence-electron chi connectivity index (χ0n) is 16.8. The van der Waals surface area contributed by atoms with Gasteiger partial charge in [0.05, 0.1) is 19.3 Å². The summed E-state index contributed by atoms with van der Waals surface area (Å²) in [6, 6.07) is 4.40. The number of ether oxygens (including phenoxy) is 1. The molecule has 16 heteroatoms. The van der Waals surface area contributed by atoms with Crippen LogP contribution in [0.2, 0.25) is 0 Å². The molecule has 0 saturated carbocycles. The molecular weight excluding hydrogens is 463 g/mol. The molecule has 2 saturated heterocycles. The summed E-state index contributed by atoms with van der Waals surface area (Å²) in [6.45, 7) is -0.826. The third-order valence-corrected chi connectivity index (χ3v) is 6.57. The SMILES string of the molecule is [N-]=[N+]=N[C@]1(CO[P@]2(=O)OCC[C@H](c3cccnc3)O2)O[C@@H](n2ccc(=O)[nH]c2=O)[C@H](O)[C@@H]1O. The Morgan fingerprint density at radius 2 is 2.24 bits per heavy atom. The van der Waals surface area contributed by atoms with Crippen molar-refractivity contribution >= 4 is 7.82 Å². The van der Waals surface area contributed by atoms with Crippen molar-refractivity contribution in [1.82, 2.24) is 14.5 Å². The Kier molecular flexibility index (Phi) is 6.47. The second kappa shape index (κ2) is 9.17. The normalized spacial score (nSPS) is 34.0. The number of azide groups is 1. The first-order valence-corrected chi connectivity index (χ1v) is 11.1. The second-order valence-electron chi connectivity index (χ2n) is 7.22. The molecule has 2 aliphatic heterocycles. The van der Waals surface area contributed by atoms with Gasteiger partial charge in [-0.05, 0) is 17.2 Å². The molecule has 6 atom stereocenters. The second-order valence-corrected chi connectivity index (χ2v) is 8.84. The van der Waals surface area contributed by atoms with Gasteiger partial charge < -0.3 is 14.9 Å². The molecule has 0 radical (unpaired) electrons. The number of H-pyrrole nitrogens is 1. The molecule has 0 aliphatic carbocycles. The molecule has 0 unspecified atom stereocenters. The quantitative estimate of drug-likeness (QED) is 0.224. The number of phosphoric acid groups is 1. The number of aliphatic hydroxyl groups is 2. The van der Waals surface area contributed by atoms with Crippen molar-refractivity contribution in [3.63, 3.8) is 0 Å². The standard InChI is InChI=1S/C17H19N6O9P/c18-22-21-17(14(26)13(25)15(31-17)23-6-3-12(24)20-16(23)27)9-30-33(28)29-7-4-11(32-33)10-2-1-5-19-8-10/h1-3,5-6,8,11,13-15,25-26H,4,7,9H2,(H,20,24,27)/t11-,13-,14+,15-,17-,33+/m1/s1. The maximum Gasteiger partial charge on any atom is 0.475 e. The molecule has 2 aromatic rings. The number of aromatic nitrogens is 3. The van der Waals surface area contributed by atoms with Crippen LogP contribution in [0, 0.1) is 0 Å². The Morgan fingerprint density at radius 1 is 1.42 bits per heavy atom. The molecule has 2 fully saturated rings. The van der Waals surface area contributed by atoms with E-state index in [0.29, 0.717) is 12.0 Å². The molecule has 4 rings (SSSR count). The van der Waals surface area contributed by atoms with E-state index in [-0.39, 0.29) is 6.61 Å². The minimum absolute atomic E-state index is 0.0206. The molecule has 4 heterocycles. The van der Waals surface area contributed by atoms with Crippen LogP contribution in [-0.2, 0) is 22.9 Å². The highest BCUT2D eigenvalue weighted by Crippen LogP contribution is 2.58. The zero-order valence-corrected chi connectivity index (χ0v) is 17.7. The summed E-state index contributed by atoms with van der Waals surface area (Å²) in [5, 5.41) is 24.4. The van der Waals surface area contributed by atoms with Crippen molar-refractivity contribution in [2.75, 3.05) is 13.2 Å². The van der Waals surface area contributed by atoms with Crippen molar-refractivity contribution in [1.29, 1.82) is 0 Å². The van der Waals surface area contributed by atoms with Gasteiger partial charge in [0.15, 0.2) is 6.23 Å². The number of phosphoric ester groups is 1. The summed E-state index contributed by atoms with van der Waals surface area (Å²) in [7, 11) is -4.21. The first kappa shape index (κ1) is 23.3. The van der Waals surface area contributed by atoms with Crippen LogP contribution in [0.15, 0.2) is 51.5 Å². The van der Waals surface area contributed by atoms with Crippen molar-refractivity contribution in [2.45, 2.75) is 36.7 Å². The van der Waals surface area contributed by atoms with Crippen LogP contribution in [-0.4, -0.2) is 55.9 Å². The average Bonchev–Trinajstić information content (AvgIpc) is 3.04. The number of aliphatic hydroxyl groups excluding tert-OH is 2. The van der Waals surface area contributed by atoms with Gasteiger partial charge in [-0.15, -0.1) is 0 Å². The Morgan fingerprint density at radius 3 is 2.94 bits per heavy atom. The van der Waals surface area contributed by atoms with E-state index >= 15 is 0 Å². The van der Waals surface area contributed by atoms with Gasteiger partial charge in [-0.3, -0.25) is 32.9 Å². The lowest BCUT2D eigenvalue weighted by Crippen LogP contribution is -2.45. The number of nitrogens with one attached hydrogen (secondary N) is 1. The van der Waals surface area contributed by atoms with E-state index in [1.807, 2.05) is 4.98 Å². The molecule has 0 bridgehead atoms. The first-order valence-electron chi connectivity index (χ1n) is 9.66. The highest BCUT2D eigenvalue weighted by atomic mass is 31.2. The van der Waals surface area contributed by atoms with Crippen LogP contribution in [0.5, 0.6) is 0 Å². The Labute approximate surface area is 184 Å². The topological polar surface area (TPSA) is 211 Å². The van der Waals surface area contributed by atoms with Crippen molar-refractivity contribution in [3.05, 3.63) is 73.6 Å². The number of hydrogen-bond acceptors (Lipinski definition) is 11. The Balaban J connectivity index is 1.55. The highest BCUT2D eigenvalue weighted by molar-refractivity contribution is 7.48. The van der Waals surface area contributed by atoms with Crippen molar-refractivity contribution in [3.8, 4) is 0 Å². The number of hydrogen-bond donors (Lipinski definition) is 3. The summed E-state index contributed by atoms with van der Waals surface area (Å²) >= 11 is 0. The van der Waals surface area contributed by atoms with Crippen LogP contribution in [0.3, 0.4) is 0 Å². The fraction of sp³-hybridized carbons (Fsp3) is 0.471. The third kappa shape index (κ3) is 4.62. The minimum Gasteiger partial charge on any atom is -0.387 e. The molecule has 176 valence electrons. The first-order chi connectivity index (χ1) is 15.8. The van der Waals surface area contributed by atoms with E-state index in [2.05, 4.69) is 15.0 Å². The van der Waals surface area contributed by atoms with Gasteiger partial charge in [0, 0.05) is 36.0 Å². The lowest BCUT2D eigenvalue weighted by atomic mass is 10.1. The monoisotopic (exact) mass is 482 g/mol. The zero-order chi connectivity index (χ0) is 23.6. The molecule has 2 aromatic heterocycles. The summed E-state index contributed by atoms with van der Waals surface area (Å²) in [5.74, 6) is 0. The van der Waals surface area contributed by atoms with E-state index in [0.717, 1.165) is 16.8 Å². The molecule has 3 N–H and O–H groups in total. The molecular formula is C17H19N6O9P.